The summed E-state index contributed by atoms with van der Waals surface area (Å²) >= 11 is 0. The molecule has 0 saturated heterocycles. The Morgan fingerprint density at radius 2 is 1.78 bits per heavy atom. The van der Waals surface area contributed by atoms with Crippen LogP contribution in [0.5, 0.6) is 0 Å². The molecule has 0 heterocycles. The average Bonchev–Trinajstić information content (AvgIpc) is 2.46. The highest BCUT2D eigenvalue weighted by atomic mass is 32.2. The minimum absolute atomic E-state index is 0.119. The van der Waals surface area contributed by atoms with E-state index in [0.717, 1.165) is 6.26 Å². The molecule has 1 amide bonds. The van der Waals surface area contributed by atoms with Gasteiger partial charge in [0.2, 0.25) is 6.43 Å². The number of hydrogen-bond donors (Lipinski definition) is 1. The van der Waals surface area contributed by atoms with E-state index < -0.39 is 22.2 Å². The Morgan fingerprint density at radius 1 is 1.13 bits per heavy atom. The number of carbonyl (C=O) groups excluding carboxylic acids is 1. The second-order valence-corrected chi connectivity index (χ2v) is 7.06. The van der Waals surface area contributed by atoms with E-state index in [-0.39, 0.29) is 16.9 Å². The average molecular weight is 339 g/mol. The van der Waals surface area contributed by atoms with Gasteiger partial charge in [-0.2, -0.15) is 0 Å². The monoisotopic (exact) mass is 339 g/mol. The molecular weight excluding hydrogens is 324 g/mol. The molecule has 2 aromatic carbocycles. The molecule has 23 heavy (non-hydrogen) atoms. The summed E-state index contributed by atoms with van der Waals surface area (Å²) in [7, 11) is -3.32. The molecule has 0 spiro atoms. The Bertz CT molecular complexity index is 802. The molecule has 0 unspecified atom stereocenters. The van der Waals surface area contributed by atoms with E-state index in [9.17, 15) is 22.0 Å². The van der Waals surface area contributed by atoms with Crippen LogP contribution in [0.2, 0.25) is 0 Å². The Hall–Kier alpha value is -2.28. The van der Waals surface area contributed by atoms with Crippen molar-refractivity contribution < 1.29 is 22.0 Å². The van der Waals surface area contributed by atoms with Gasteiger partial charge < -0.3 is 5.32 Å². The van der Waals surface area contributed by atoms with Crippen LogP contribution in [0.1, 0.15) is 15.9 Å². The number of halogens is 2. The SMILES string of the molecule is CS(=O)(=O)c1ccc(C(=O)Nc2cccc(CC(F)F)c2)cc1. The van der Waals surface area contributed by atoms with Gasteiger partial charge in [-0.15, -0.1) is 0 Å². The number of alkyl halides is 2. The van der Waals surface area contributed by atoms with Gasteiger partial charge in [0.05, 0.1) is 4.90 Å². The fraction of sp³-hybridized carbons (Fsp3) is 0.188. The molecule has 2 aromatic rings. The van der Waals surface area contributed by atoms with Crippen molar-refractivity contribution in [3.05, 3.63) is 59.7 Å². The van der Waals surface area contributed by atoms with E-state index >= 15 is 0 Å². The van der Waals surface area contributed by atoms with Crippen molar-refractivity contribution in [2.45, 2.75) is 17.7 Å². The predicted molar refractivity (Wildman–Crippen MR) is 83.7 cm³/mol. The highest BCUT2D eigenvalue weighted by molar-refractivity contribution is 7.90. The lowest BCUT2D eigenvalue weighted by Crippen LogP contribution is -2.12. The fourth-order valence-corrected chi connectivity index (χ4v) is 2.64. The lowest BCUT2D eigenvalue weighted by Gasteiger charge is -2.08. The Kier molecular flexibility index (Phi) is 5.10. The third-order valence-corrected chi connectivity index (χ3v) is 4.25. The molecule has 0 aromatic heterocycles. The molecule has 0 aliphatic carbocycles. The minimum Gasteiger partial charge on any atom is -0.322 e. The lowest BCUT2D eigenvalue weighted by molar-refractivity contribution is 0.102. The predicted octanol–water partition coefficient (Wildman–Crippen LogP) is 3.15. The summed E-state index contributed by atoms with van der Waals surface area (Å²) < 4.78 is 47.5. The van der Waals surface area contributed by atoms with Gasteiger partial charge in [0.15, 0.2) is 9.84 Å². The Balaban J connectivity index is 2.13. The standard InChI is InChI=1S/C16H15F2NO3S/c1-23(21,22)14-7-5-12(6-8-14)16(20)19-13-4-2-3-11(9-13)10-15(17)18/h2-9,15H,10H2,1H3,(H,19,20). The number of benzene rings is 2. The highest BCUT2D eigenvalue weighted by Crippen LogP contribution is 2.16. The molecule has 2 rings (SSSR count). The summed E-state index contributed by atoms with van der Waals surface area (Å²) in [5.41, 5.74) is 1.10. The van der Waals surface area contributed by atoms with Crippen molar-refractivity contribution >= 4 is 21.4 Å². The fourth-order valence-electron chi connectivity index (χ4n) is 2.01. The van der Waals surface area contributed by atoms with Crippen LogP contribution in [0.25, 0.3) is 0 Å². The molecule has 4 nitrogen and oxygen atoms in total. The van der Waals surface area contributed by atoms with Crippen molar-refractivity contribution in [1.82, 2.24) is 0 Å². The highest BCUT2D eigenvalue weighted by Gasteiger charge is 2.11. The first-order valence-electron chi connectivity index (χ1n) is 6.74. The summed E-state index contributed by atoms with van der Waals surface area (Å²) in [6.45, 7) is 0. The zero-order valence-corrected chi connectivity index (χ0v) is 13.1. The van der Waals surface area contributed by atoms with Gasteiger partial charge >= 0.3 is 0 Å². The van der Waals surface area contributed by atoms with Crippen LogP contribution in [-0.2, 0) is 16.3 Å². The number of amides is 1. The molecule has 0 saturated carbocycles. The van der Waals surface area contributed by atoms with Crippen LogP contribution in [-0.4, -0.2) is 27.0 Å². The number of anilines is 1. The van der Waals surface area contributed by atoms with E-state index in [4.69, 9.17) is 0 Å². The Morgan fingerprint density at radius 3 is 2.35 bits per heavy atom. The summed E-state index contributed by atoms with van der Waals surface area (Å²) in [4.78, 5) is 12.2. The van der Waals surface area contributed by atoms with Crippen LogP contribution >= 0.6 is 0 Å². The van der Waals surface area contributed by atoms with Crippen LogP contribution in [0.3, 0.4) is 0 Å². The smallest absolute Gasteiger partial charge is 0.255 e. The normalized spacial score (nSPS) is 11.5. The maximum absolute atomic E-state index is 12.4. The van der Waals surface area contributed by atoms with Crippen molar-refractivity contribution in [3.63, 3.8) is 0 Å². The molecule has 0 fully saturated rings. The first kappa shape index (κ1) is 17.1. The molecule has 0 atom stereocenters. The molecule has 0 aliphatic rings. The number of nitrogens with one attached hydrogen (secondary N) is 1. The zero-order valence-electron chi connectivity index (χ0n) is 12.3. The summed E-state index contributed by atoms with van der Waals surface area (Å²) in [6, 6.07) is 11.7. The topological polar surface area (TPSA) is 63.2 Å². The molecule has 0 radical (unpaired) electrons. The second kappa shape index (κ2) is 6.87. The zero-order chi connectivity index (χ0) is 17.0. The molecule has 0 aliphatic heterocycles. The van der Waals surface area contributed by atoms with Gasteiger partial charge in [-0.25, -0.2) is 17.2 Å². The number of hydrogen-bond acceptors (Lipinski definition) is 3. The minimum atomic E-state index is -3.32. The van der Waals surface area contributed by atoms with Crippen molar-refractivity contribution in [1.29, 1.82) is 0 Å². The van der Waals surface area contributed by atoms with Crippen molar-refractivity contribution in [2.24, 2.45) is 0 Å². The third-order valence-electron chi connectivity index (χ3n) is 3.12. The first-order valence-corrected chi connectivity index (χ1v) is 8.63. The van der Waals surface area contributed by atoms with Crippen LogP contribution < -0.4 is 5.32 Å². The van der Waals surface area contributed by atoms with Gasteiger partial charge in [0.25, 0.3) is 5.91 Å². The first-order chi connectivity index (χ1) is 10.8. The van der Waals surface area contributed by atoms with Gasteiger partial charge in [-0.1, -0.05) is 12.1 Å². The molecule has 1 N–H and O–H groups in total. The van der Waals surface area contributed by atoms with Gasteiger partial charge in [0.1, 0.15) is 0 Å². The number of rotatable bonds is 5. The van der Waals surface area contributed by atoms with Crippen LogP contribution in [0.15, 0.2) is 53.4 Å². The quantitative estimate of drug-likeness (QED) is 0.910. The molecule has 7 heteroatoms. The Labute approximate surface area is 133 Å². The lowest BCUT2D eigenvalue weighted by atomic mass is 10.1. The van der Waals surface area contributed by atoms with E-state index in [2.05, 4.69) is 5.32 Å². The van der Waals surface area contributed by atoms with Crippen molar-refractivity contribution in [2.75, 3.05) is 11.6 Å². The van der Waals surface area contributed by atoms with E-state index in [1.54, 1.807) is 18.2 Å². The van der Waals surface area contributed by atoms with Crippen molar-refractivity contribution in [3.8, 4) is 0 Å². The maximum atomic E-state index is 12.4. The molecular formula is C16H15F2NO3S. The largest absolute Gasteiger partial charge is 0.322 e. The molecule has 0 bridgehead atoms. The van der Waals surface area contributed by atoms with Gasteiger partial charge in [-0.3, -0.25) is 4.79 Å². The van der Waals surface area contributed by atoms with Crippen LogP contribution in [0, 0.1) is 0 Å². The third kappa shape index (κ3) is 4.85. The van der Waals surface area contributed by atoms with E-state index in [1.165, 1.54) is 30.3 Å². The maximum Gasteiger partial charge on any atom is 0.255 e. The van der Waals surface area contributed by atoms with E-state index in [1.807, 2.05) is 0 Å². The van der Waals surface area contributed by atoms with E-state index in [0.29, 0.717) is 11.3 Å². The van der Waals surface area contributed by atoms with Gasteiger partial charge in [-0.05, 0) is 42.0 Å². The van der Waals surface area contributed by atoms with Gasteiger partial charge in [0, 0.05) is 23.9 Å². The second-order valence-electron chi connectivity index (χ2n) is 5.05. The van der Waals surface area contributed by atoms with Crippen LogP contribution in [0.4, 0.5) is 14.5 Å². The summed E-state index contributed by atoms with van der Waals surface area (Å²) in [5, 5.41) is 2.60. The number of carbonyl (C=O) groups is 1. The summed E-state index contributed by atoms with van der Waals surface area (Å²) in [5.74, 6) is -0.445. The molecule has 122 valence electrons. The summed E-state index contributed by atoms with van der Waals surface area (Å²) in [6.07, 6.45) is -1.76. The number of sulfone groups is 1.